The molecule has 3 N–H and O–H groups in total. The van der Waals surface area contributed by atoms with Gasteiger partial charge in [-0.25, -0.2) is 0 Å². The number of nitrogens with one attached hydrogen (secondary N) is 1. The van der Waals surface area contributed by atoms with Gasteiger partial charge in [-0.1, -0.05) is 12.8 Å². The van der Waals surface area contributed by atoms with Crippen molar-refractivity contribution < 1.29 is 14.3 Å². The highest BCUT2D eigenvalue weighted by molar-refractivity contribution is 5.78. The van der Waals surface area contributed by atoms with Crippen LogP contribution in [-0.4, -0.2) is 44.9 Å². The smallest absolute Gasteiger partial charge is 0.223 e. The molecule has 0 bridgehead atoms. The fourth-order valence-corrected chi connectivity index (χ4v) is 3.38. The molecular formula is C15H28N2O3. The Morgan fingerprint density at radius 3 is 3.00 bits per heavy atom. The largest absolute Gasteiger partial charge is 0.378 e. The van der Waals surface area contributed by atoms with Crippen LogP contribution in [0.25, 0.3) is 0 Å². The molecule has 116 valence electrons. The molecule has 1 aliphatic heterocycles. The van der Waals surface area contributed by atoms with Gasteiger partial charge in [0.15, 0.2) is 0 Å². The molecule has 2 aliphatic rings. The minimum atomic E-state index is -0.318. The van der Waals surface area contributed by atoms with Gasteiger partial charge in [0.05, 0.1) is 6.61 Å². The van der Waals surface area contributed by atoms with Crippen LogP contribution in [0, 0.1) is 11.8 Å². The Bertz CT molecular complexity index is 314. The van der Waals surface area contributed by atoms with Gasteiger partial charge in [-0.05, 0) is 31.7 Å². The monoisotopic (exact) mass is 284 g/mol. The van der Waals surface area contributed by atoms with E-state index < -0.39 is 0 Å². The van der Waals surface area contributed by atoms with Crippen molar-refractivity contribution >= 4 is 5.91 Å². The van der Waals surface area contributed by atoms with Gasteiger partial charge < -0.3 is 20.5 Å². The molecule has 1 aliphatic carbocycles. The van der Waals surface area contributed by atoms with Crippen LogP contribution in [0.4, 0.5) is 0 Å². The van der Waals surface area contributed by atoms with Gasteiger partial charge in [0.1, 0.15) is 5.60 Å². The zero-order valence-corrected chi connectivity index (χ0v) is 12.5. The number of hydrogen-bond donors (Lipinski definition) is 2. The minimum Gasteiger partial charge on any atom is -0.378 e. The maximum atomic E-state index is 12.3. The molecule has 2 fully saturated rings. The molecule has 5 heteroatoms. The second kappa shape index (κ2) is 7.38. The standard InChI is InChI=1S/C15H28N2O3/c1-19-15(6-8-20-11-15)10-17-14(18)13-4-2-3-12(9-13)5-7-16/h12-13H,2-11,16H2,1H3,(H,17,18). The molecule has 0 aromatic rings. The van der Waals surface area contributed by atoms with Gasteiger partial charge in [0, 0.05) is 32.6 Å². The summed E-state index contributed by atoms with van der Waals surface area (Å²) in [7, 11) is 1.69. The molecular weight excluding hydrogens is 256 g/mol. The number of amides is 1. The van der Waals surface area contributed by atoms with Crippen molar-refractivity contribution in [3.63, 3.8) is 0 Å². The Hall–Kier alpha value is -0.650. The van der Waals surface area contributed by atoms with Gasteiger partial charge in [-0.15, -0.1) is 0 Å². The van der Waals surface area contributed by atoms with E-state index in [0.29, 0.717) is 25.7 Å². The molecule has 1 amide bonds. The van der Waals surface area contributed by atoms with Crippen LogP contribution in [0.3, 0.4) is 0 Å². The van der Waals surface area contributed by atoms with Crippen molar-refractivity contribution in [2.75, 3.05) is 33.4 Å². The summed E-state index contributed by atoms with van der Waals surface area (Å²) in [6.07, 6.45) is 6.24. The van der Waals surface area contributed by atoms with E-state index in [9.17, 15) is 4.79 Å². The molecule has 3 unspecified atom stereocenters. The van der Waals surface area contributed by atoms with Crippen LogP contribution in [0.2, 0.25) is 0 Å². The van der Waals surface area contributed by atoms with Gasteiger partial charge in [-0.2, -0.15) is 0 Å². The van der Waals surface area contributed by atoms with E-state index in [1.807, 2.05) is 0 Å². The summed E-state index contributed by atoms with van der Waals surface area (Å²) < 4.78 is 10.9. The molecule has 0 aromatic carbocycles. The van der Waals surface area contributed by atoms with Crippen molar-refractivity contribution in [3.05, 3.63) is 0 Å². The van der Waals surface area contributed by atoms with Crippen molar-refractivity contribution in [1.29, 1.82) is 0 Å². The van der Waals surface area contributed by atoms with E-state index in [4.69, 9.17) is 15.2 Å². The number of hydrogen-bond acceptors (Lipinski definition) is 4. The first-order chi connectivity index (χ1) is 9.69. The fraction of sp³-hybridized carbons (Fsp3) is 0.933. The molecule has 2 rings (SSSR count). The zero-order valence-electron chi connectivity index (χ0n) is 12.5. The summed E-state index contributed by atoms with van der Waals surface area (Å²) in [5, 5.41) is 3.07. The number of carbonyl (C=O) groups is 1. The van der Waals surface area contributed by atoms with E-state index >= 15 is 0 Å². The third-order valence-electron chi connectivity index (χ3n) is 4.81. The maximum Gasteiger partial charge on any atom is 0.223 e. The van der Waals surface area contributed by atoms with Gasteiger partial charge in [0.2, 0.25) is 5.91 Å². The average Bonchev–Trinajstić information content (AvgIpc) is 2.95. The van der Waals surface area contributed by atoms with Crippen molar-refractivity contribution in [2.45, 2.75) is 44.1 Å². The van der Waals surface area contributed by atoms with Crippen LogP contribution in [0.15, 0.2) is 0 Å². The SMILES string of the molecule is COC1(CNC(=O)C2CCCC(CCN)C2)CCOC1. The average molecular weight is 284 g/mol. The zero-order chi connectivity index (χ0) is 14.4. The van der Waals surface area contributed by atoms with Crippen LogP contribution in [0.5, 0.6) is 0 Å². The Morgan fingerprint density at radius 2 is 2.35 bits per heavy atom. The summed E-state index contributed by atoms with van der Waals surface area (Å²) in [4.78, 5) is 12.3. The minimum absolute atomic E-state index is 0.150. The maximum absolute atomic E-state index is 12.3. The highest BCUT2D eigenvalue weighted by Crippen LogP contribution is 2.31. The molecule has 0 radical (unpaired) electrons. The lowest BCUT2D eigenvalue weighted by Gasteiger charge is -2.30. The van der Waals surface area contributed by atoms with E-state index in [2.05, 4.69) is 5.32 Å². The van der Waals surface area contributed by atoms with Gasteiger partial charge in [-0.3, -0.25) is 4.79 Å². The first kappa shape index (κ1) is 15.7. The van der Waals surface area contributed by atoms with Gasteiger partial charge >= 0.3 is 0 Å². The number of nitrogens with two attached hydrogens (primary N) is 1. The van der Waals surface area contributed by atoms with Crippen LogP contribution >= 0.6 is 0 Å². The Morgan fingerprint density at radius 1 is 1.50 bits per heavy atom. The molecule has 0 spiro atoms. The molecule has 20 heavy (non-hydrogen) atoms. The molecule has 3 atom stereocenters. The lowest BCUT2D eigenvalue weighted by Crippen LogP contribution is -2.47. The summed E-state index contributed by atoms with van der Waals surface area (Å²) in [5.41, 5.74) is 5.31. The second-order valence-corrected chi connectivity index (χ2v) is 6.21. The highest BCUT2D eigenvalue weighted by atomic mass is 16.5. The third-order valence-corrected chi connectivity index (χ3v) is 4.81. The van der Waals surface area contributed by atoms with Gasteiger partial charge in [0.25, 0.3) is 0 Å². The summed E-state index contributed by atoms with van der Waals surface area (Å²) >= 11 is 0. The lowest BCUT2D eigenvalue weighted by molar-refractivity contribution is -0.128. The normalized spacial score (nSPS) is 34.1. The van der Waals surface area contributed by atoms with E-state index in [0.717, 1.165) is 38.6 Å². The molecule has 1 saturated carbocycles. The number of rotatable bonds is 6. The Kier molecular flexibility index (Phi) is 5.81. The van der Waals surface area contributed by atoms with Crippen LogP contribution < -0.4 is 11.1 Å². The summed E-state index contributed by atoms with van der Waals surface area (Å²) in [6, 6.07) is 0. The van der Waals surface area contributed by atoms with E-state index in [1.54, 1.807) is 7.11 Å². The Balaban J connectivity index is 1.79. The number of methoxy groups -OCH3 is 1. The number of carbonyl (C=O) groups excluding carboxylic acids is 1. The molecule has 5 nitrogen and oxygen atoms in total. The molecule has 1 saturated heterocycles. The highest BCUT2D eigenvalue weighted by Gasteiger charge is 2.36. The topological polar surface area (TPSA) is 73.6 Å². The van der Waals surface area contributed by atoms with Crippen molar-refractivity contribution in [1.82, 2.24) is 5.32 Å². The van der Waals surface area contributed by atoms with E-state index in [1.165, 1.54) is 6.42 Å². The molecule has 1 heterocycles. The van der Waals surface area contributed by atoms with Crippen molar-refractivity contribution in [3.8, 4) is 0 Å². The lowest BCUT2D eigenvalue weighted by atomic mass is 9.79. The predicted octanol–water partition coefficient (Wildman–Crippen LogP) is 1.06. The van der Waals surface area contributed by atoms with Crippen LogP contribution in [0.1, 0.15) is 38.5 Å². The quantitative estimate of drug-likeness (QED) is 0.765. The Labute approximate surface area is 121 Å². The predicted molar refractivity (Wildman–Crippen MR) is 77.3 cm³/mol. The van der Waals surface area contributed by atoms with Crippen molar-refractivity contribution in [2.24, 2.45) is 17.6 Å². The van der Waals surface area contributed by atoms with Crippen LogP contribution in [-0.2, 0) is 14.3 Å². The summed E-state index contributed by atoms with van der Waals surface area (Å²) in [5.74, 6) is 0.947. The fourth-order valence-electron chi connectivity index (χ4n) is 3.38. The second-order valence-electron chi connectivity index (χ2n) is 6.21. The van der Waals surface area contributed by atoms with E-state index in [-0.39, 0.29) is 17.4 Å². The third kappa shape index (κ3) is 3.93. The number of ether oxygens (including phenoxy) is 2. The summed E-state index contributed by atoms with van der Waals surface area (Å²) in [6.45, 7) is 2.57. The first-order valence-corrected chi connectivity index (χ1v) is 7.80. The first-order valence-electron chi connectivity index (χ1n) is 7.80. The molecule has 0 aromatic heterocycles.